The van der Waals surface area contributed by atoms with Crippen molar-refractivity contribution < 1.29 is 9.21 Å². The number of hydrogen-bond acceptors (Lipinski definition) is 5. The summed E-state index contributed by atoms with van der Waals surface area (Å²) in [6, 6.07) is 14.6. The van der Waals surface area contributed by atoms with Crippen molar-refractivity contribution in [1.82, 2.24) is 10.2 Å². The van der Waals surface area contributed by atoms with E-state index in [9.17, 15) is 4.79 Å². The molecule has 1 atom stereocenters. The van der Waals surface area contributed by atoms with Gasteiger partial charge in [-0.1, -0.05) is 41.6 Å². The van der Waals surface area contributed by atoms with Crippen LogP contribution in [-0.4, -0.2) is 21.4 Å². The maximum atomic E-state index is 12.3. The highest BCUT2D eigenvalue weighted by atomic mass is 79.9. The number of anilines is 1. The molecule has 3 aromatic rings. The molecule has 0 fully saturated rings. The highest BCUT2D eigenvalue weighted by Crippen LogP contribution is 2.30. The molecule has 1 heterocycles. The Morgan fingerprint density at radius 3 is 2.80 bits per heavy atom. The van der Waals surface area contributed by atoms with Crippen molar-refractivity contribution in [3.8, 4) is 11.5 Å². The van der Waals surface area contributed by atoms with Crippen LogP contribution in [0.15, 0.2) is 62.6 Å². The molecule has 2 aromatic carbocycles. The van der Waals surface area contributed by atoms with Crippen LogP contribution in [0.2, 0.25) is 5.02 Å². The van der Waals surface area contributed by atoms with E-state index >= 15 is 0 Å². The molecule has 0 unspecified atom stereocenters. The van der Waals surface area contributed by atoms with Crippen molar-refractivity contribution in [2.24, 2.45) is 0 Å². The van der Waals surface area contributed by atoms with Gasteiger partial charge in [0.15, 0.2) is 0 Å². The van der Waals surface area contributed by atoms with E-state index in [0.29, 0.717) is 21.8 Å². The van der Waals surface area contributed by atoms with Gasteiger partial charge in [-0.15, -0.1) is 10.2 Å². The lowest BCUT2D eigenvalue weighted by Gasteiger charge is -2.10. The minimum absolute atomic E-state index is 0.173. The largest absolute Gasteiger partial charge is 0.411 e. The zero-order valence-electron chi connectivity index (χ0n) is 13.1. The lowest BCUT2D eigenvalue weighted by molar-refractivity contribution is -0.115. The van der Waals surface area contributed by atoms with Crippen molar-refractivity contribution >= 4 is 50.9 Å². The first-order chi connectivity index (χ1) is 12.0. The minimum atomic E-state index is -0.411. The normalized spacial score (nSPS) is 12.0. The third-order valence-corrected chi connectivity index (χ3v) is 5.11. The van der Waals surface area contributed by atoms with Gasteiger partial charge in [-0.2, -0.15) is 0 Å². The topological polar surface area (TPSA) is 68.0 Å². The first kappa shape index (κ1) is 18.0. The highest BCUT2D eigenvalue weighted by molar-refractivity contribution is 9.10. The van der Waals surface area contributed by atoms with E-state index in [0.717, 1.165) is 10.0 Å². The summed E-state index contributed by atoms with van der Waals surface area (Å²) in [5.74, 6) is 0.227. The van der Waals surface area contributed by atoms with Gasteiger partial charge >= 0.3 is 0 Å². The Hall–Kier alpha value is -1.83. The van der Waals surface area contributed by atoms with E-state index in [2.05, 4.69) is 31.4 Å². The Morgan fingerprint density at radius 1 is 1.24 bits per heavy atom. The summed E-state index contributed by atoms with van der Waals surface area (Å²) >= 11 is 10.6. The number of carbonyl (C=O) groups is 1. The third kappa shape index (κ3) is 4.62. The van der Waals surface area contributed by atoms with Gasteiger partial charge < -0.3 is 9.73 Å². The Morgan fingerprint density at radius 2 is 2.04 bits per heavy atom. The molecule has 1 N–H and O–H groups in total. The first-order valence-electron chi connectivity index (χ1n) is 7.34. The number of nitrogens with zero attached hydrogens (tertiary/aromatic N) is 2. The number of halogens is 2. The lowest BCUT2D eigenvalue weighted by Crippen LogP contribution is -2.22. The second-order valence-electron chi connectivity index (χ2n) is 5.11. The van der Waals surface area contributed by atoms with Crippen LogP contribution in [0.25, 0.3) is 11.5 Å². The molecule has 3 rings (SSSR count). The van der Waals surface area contributed by atoms with E-state index in [1.807, 2.05) is 24.3 Å². The van der Waals surface area contributed by atoms with Gasteiger partial charge in [-0.05, 0) is 53.2 Å². The average molecular weight is 439 g/mol. The summed E-state index contributed by atoms with van der Waals surface area (Å²) in [5, 5.41) is 11.3. The van der Waals surface area contributed by atoms with Crippen LogP contribution in [0.5, 0.6) is 0 Å². The second kappa shape index (κ2) is 8.03. The highest BCUT2D eigenvalue weighted by Gasteiger charge is 2.19. The fourth-order valence-corrected chi connectivity index (χ4v) is 3.34. The zero-order valence-corrected chi connectivity index (χ0v) is 16.2. The SMILES string of the molecule is C[C@@H](Sc1nnc(-c2ccccc2Br)o1)C(=O)Nc1cccc(Cl)c1. The standard InChI is InChI=1S/C17H13BrClN3O2S/c1-10(15(23)20-12-6-4-5-11(19)9-12)25-17-22-21-16(24-17)13-7-2-3-8-14(13)18/h2-10H,1H3,(H,20,23)/t10-/m1/s1. The number of thioether (sulfide) groups is 1. The van der Waals surface area contributed by atoms with Crippen molar-refractivity contribution in [2.75, 3.05) is 5.32 Å². The van der Waals surface area contributed by atoms with Crippen LogP contribution in [0, 0.1) is 0 Å². The van der Waals surface area contributed by atoms with Gasteiger partial charge in [0.25, 0.3) is 5.22 Å². The smallest absolute Gasteiger partial charge is 0.277 e. The molecule has 25 heavy (non-hydrogen) atoms. The van der Waals surface area contributed by atoms with Crippen LogP contribution in [0.4, 0.5) is 5.69 Å². The number of amides is 1. The quantitative estimate of drug-likeness (QED) is 0.549. The van der Waals surface area contributed by atoms with Crippen molar-refractivity contribution in [3.05, 3.63) is 58.0 Å². The van der Waals surface area contributed by atoms with E-state index in [1.165, 1.54) is 11.8 Å². The molecule has 0 aliphatic heterocycles. The molecule has 0 aliphatic rings. The molecule has 0 spiro atoms. The van der Waals surface area contributed by atoms with Gasteiger partial charge in [0, 0.05) is 15.2 Å². The summed E-state index contributed by atoms with van der Waals surface area (Å²) < 4.78 is 6.51. The third-order valence-electron chi connectivity index (χ3n) is 3.25. The molecule has 5 nitrogen and oxygen atoms in total. The molecular weight excluding hydrogens is 426 g/mol. The minimum Gasteiger partial charge on any atom is -0.411 e. The molecule has 1 amide bonds. The maximum absolute atomic E-state index is 12.3. The van der Waals surface area contributed by atoms with Gasteiger partial charge in [0.2, 0.25) is 11.8 Å². The van der Waals surface area contributed by atoms with E-state index in [-0.39, 0.29) is 5.91 Å². The predicted octanol–water partition coefficient (Wildman–Crippen LogP) is 5.27. The van der Waals surface area contributed by atoms with Gasteiger partial charge in [-0.25, -0.2) is 0 Å². The summed E-state index contributed by atoms with van der Waals surface area (Å²) in [6.07, 6.45) is 0. The first-order valence-corrected chi connectivity index (χ1v) is 9.39. The molecule has 0 radical (unpaired) electrons. The lowest BCUT2D eigenvalue weighted by atomic mass is 10.2. The van der Waals surface area contributed by atoms with E-state index < -0.39 is 5.25 Å². The number of nitrogens with one attached hydrogen (secondary N) is 1. The maximum Gasteiger partial charge on any atom is 0.277 e. The molecule has 128 valence electrons. The second-order valence-corrected chi connectivity index (χ2v) is 7.70. The fraction of sp³-hybridized carbons (Fsp3) is 0.118. The van der Waals surface area contributed by atoms with Gasteiger partial charge in [0.05, 0.1) is 10.8 Å². The molecule has 0 aliphatic carbocycles. The van der Waals surface area contributed by atoms with Crippen LogP contribution in [0.1, 0.15) is 6.92 Å². The summed E-state index contributed by atoms with van der Waals surface area (Å²) in [7, 11) is 0. The number of carbonyl (C=O) groups excluding carboxylic acids is 1. The molecule has 0 saturated carbocycles. The molecule has 0 bridgehead atoms. The Labute approximate surface area is 162 Å². The van der Waals surface area contributed by atoms with Crippen LogP contribution >= 0.6 is 39.3 Å². The van der Waals surface area contributed by atoms with Crippen molar-refractivity contribution in [1.29, 1.82) is 0 Å². The Balaban J connectivity index is 1.66. The van der Waals surface area contributed by atoms with Crippen LogP contribution in [0.3, 0.4) is 0 Å². The van der Waals surface area contributed by atoms with E-state index in [4.69, 9.17) is 16.0 Å². The summed E-state index contributed by atoms with van der Waals surface area (Å²) in [4.78, 5) is 12.3. The summed E-state index contributed by atoms with van der Waals surface area (Å²) in [5.41, 5.74) is 1.45. The van der Waals surface area contributed by atoms with Gasteiger partial charge in [0.1, 0.15) is 0 Å². The van der Waals surface area contributed by atoms with Crippen molar-refractivity contribution in [2.45, 2.75) is 17.4 Å². The van der Waals surface area contributed by atoms with Gasteiger partial charge in [-0.3, -0.25) is 4.79 Å². The average Bonchev–Trinajstić information content (AvgIpc) is 3.03. The number of benzene rings is 2. The van der Waals surface area contributed by atoms with Crippen LogP contribution in [-0.2, 0) is 4.79 Å². The Kier molecular flexibility index (Phi) is 5.78. The predicted molar refractivity (Wildman–Crippen MR) is 103 cm³/mol. The Bertz CT molecular complexity index is 903. The molecule has 0 saturated heterocycles. The van der Waals surface area contributed by atoms with E-state index in [1.54, 1.807) is 31.2 Å². The molecule has 1 aromatic heterocycles. The van der Waals surface area contributed by atoms with Crippen LogP contribution < -0.4 is 5.32 Å². The molecular formula is C17H13BrClN3O2S. The summed E-state index contributed by atoms with van der Waals surface area (Å²) in [6.45, 7) is 1.77. The number of rotatable bonds is 5. The monoisotopic (exact) mass is 437 g/mol. The fourth-order valence-electron chi connectivity index (χ4n) is 2.02. The number of hydrogen-bond donors (Lipinski definition) is 1. The number of aromatic nitrogens is 2. The zero-order chi connectivity index (χ0) is 17.8. The molecule has 8 heteroatoms. The van der Waals surface area contributed by atoms with Crippen molar-refractivity contribution in [3.63, 3.8) is 0 Å².